The molecule has 2 N–H and O–H groups in total. The molecule has 3 aromatic carbocycles. The van der Waals surface area contributed by atoms with Gasteiger partial charge in [0.1, 0.15) is 17.5 Å². The summed E-state index contributed by atoms with van der Waals surface area (Å²) in [5, 5.41) is 15.6. The highest BCUT2D eigenvalue weighted by molar-refractivity contribution is 6.03. The minimum atomic E-state index is -1.56. The number of benzene rings is 3. The monoisotopic (exact) mass is 421 g/mol. The van der Waals surface area contributed by atoms with E-state index < -0.39 is 29.6 Å². The number of rotatable bonds is 6. The molecule has 0 saturated heterocycles. The summed E-state index contributed by atoms with van der Waals surface area (Å²) < 4.78 is 10.7. The molecule has 0 spiro atoms. The summed E-state index contributed by atoms with van der Waals surface area (Å²) in [6.45, 7) is 5.24. The number of fused-ring (bicyclic) bond motifs is 1. The molecule has 162 valence electrons. The molecule has 0 saturated carbocycles. The van der Waals surface area contributed by atoms with Crippen LogP contribution < -0.4 is 10.1 Å². The Labute approximate surface area is 181 Å². The van der Waals surface area contributed by atoms with Gasteiger partial charge in [0.25, 0.3) is 0 Å². The number of amides is 1. The van der Waals surface area contributed by atoms with E-state index in [1.165, 1.54) is 7.11 Å². The van der Waals surface area contributed by atoms with E-state index >= 15 is 0 Å². The largest absolute Gasteiger partial charge is 0.496 e. The van der Waals surface area contributed by atoms with Crippen LogP contribution in [-0.4, -0.2) is 35.8 Å². The van der Waals surface area contributed by atoms with Crippen molar-refractivity contribution in [1.82, 2.24) is 5.32 Å². The molecule has 0 aliphatic heterocycles. The van der Waals surface area contributed by atoms with E-state index in [1.54, 1.807) is 51.1 Å². The first-order valence-corrected chi connectivity index (χ1v) is 10.0. The number of hydrogen-bond acceptors (Lipinski definition) is 5. The van der Waals surface area contributed by atoms with Gasteiger partial charge in [0.15, 0.2) is 5.78 Å². The van der Waals surface area contributed by atoms with E-state index in [4.69, 9.17) is 9.47 Å². The summed E-state index contributed by atoms with van der Waals surface area (Å²) in [7, 11) is 1.46. The molecule has 0 heterocycles. The number of nitrogens with one attached hydrogen (secondary N) is 1. The average molecular weight is 421 g/mol. The van der Waals surface area contributed by atoms with Crippen LogP contribution in [0.3, 0.4) is 0 Å². The summed E-state index contributed by atoms with van der Waals surface area (Å²) in [6, 6.07) is 18.7. The van der Waals surface area contributed by atoms with Crippen molar-refractivity contribution < 1.29 is 24.2 Å². The molecule has 0 radical (unpaired) electrons. The highest BCUT2D eigenvalue weighted by atomic mass is 16.6. The molecule has 31 heavy (non-hydrogen) atoms. The molecule has 0 bridgehead atoms. The van der Waals surface area contributed by atoms with Gasteiger partial charge in [-0.2, -0.15) is 0 Å². The van der Waals surface area contributed by atoms with E-state index in [-0.39, 0.29) is 5.56 Å². The van der Waals surface area contributed by atoms with Gasteiger partial charge in [-0.3, -0.25) is 4.79 Å². The van der Waals surface area contributed by atoms with Crippen molar-refractivity contribution >= 4 is 22.6 Å². The third kappa shape index (κ3) is 5.22. The van der Waals surface area contributed by atoms with Crippen LogP contribution in [0.4, 0.5) is 4.79 Å². The minimum absolute atomic E-state index is 0.230. The first-order valence-electron chi connectivity index (χ1n) is 10.0. The summed E-state index contributed by atoms with van der Waals surface area (Å²) in [4.78, 5) is 25.8. The molecule has 0 unspecified atom stereocenters. The number of aliphatic hydroxyl groups excluding tert-OH is 1. The number of ether oxygens (including phenoxy) is 2. The number of carbonyl (C=O) groups excluding carboxylic acids is 2. The van der Waals surface area contributed by atoms with Crippen molar-refractivity contribution in [1.29, 1.82) is 0 Å². The number of hydrogen-bond donors (Lipinski definition) is 2. The second kappa shape index (κ2) is 9.18. The highest BCUT2D eigenvalue weighted by Gasteiger charge is 2.33. The van der Waals surface area contributed by atoms with Crippen molar-refractivity contribution in [3.05, 3.63) is 77.9 Å². The Morgan fingerprint density at radius 3 is 2.29 bits per heavy atom. The normalized spacial score (nSPS) is 13.3. The van der Waals surface area contributed by atoms with Crippen LogP contribution in [0.5, 0.6) is 5.75 Å². The Morgan fingerprint density at radius 1 is 0.935 bits per heavy atom. The van der Waals surface area contributed by atoms with Crippen LogP contribution in [0, 0.1) is 0 Å². The number of aliphatic hydroxyl groups is 1. The highest BCUT2D eigenvalue weighted by Crippen LogP contribution is 2.30. The number of para-hydroxylation sites is 1. The van der Waals surface area contributed by atoms with E-state index in [1.807, 2.05) is 36.4 Å². The van der Waals surface area contributed by atoms with Crippen molar-refractivity contribution in [2.75, 3.05) is 7.11 Å². The lowest BCUT2D eigenvalue weighted by Crippen LogP contribution is -2.42. The van der Waals surface area contributed by atoms with Gasteiger partial charge in [-0.15, -0.1) is 0 Å². The lowest BCUT2D eigenvalue weighted by atomic mass is 9.91. The van der Waals surface area contributed by atoms with Crippen LogP contribution in [-0.2, 0) is 4.74 Å². The zero-order valence-corrected chi connectivity index (χ0v) is 18.1. The smallest absolute Gasteiger partial charge is 0.408 e. The molecule has 0 aromatic heterocycles. The van der Waals surface area contributed by atoms with E-state index in [0.717, 1.165) is 10.8 Å². The van der Waals surface area contributed by atoms with Crippen molar-refractivity contribution in [3.63, 3.8) is 0 Å². The van der Waals surface area contributed by atoms with Gasteiger partial charge in [0, 0.05) is 0 Å². The molecule has 0 aliphatic rings. The summed E-state index contributed by atoms with van der Waals surface area (Å²) in [5.41, 5.74) is 0.110. The maximum atomic E-state index is 13.2. The average Bonchev–Trinajstić information content (AvgIpc) is 2.75. The van der Waals surface area contributed by atoms with Crippen LogP contribution in [0.25, 0.3) is 10.8 Å². The quantitative estimate of drug-likeness (QED) is 0.566. The fourth-order valence-corrected chi connectivity index (χ4v) is 3.44. The lowest BCUT2D eigenvalue weighted by molar-refractivity contribution is 0.0408. The maximum absolute atomic E-state index is 13.2. The minimum Gasteiger partial charge on any atom is -0.496 e. The van der Waals surface area contributed by atoms with E-state index in [0.29, 0.717) is 11.3 Å². The van der Waals surface area contributed by atoms with Crippen LogP contribution in [0.2, 0.25) is 0 Å². The van der Waals surface area contributed by atoms with Gasteiger partial charge in [0.05, 0.1) is 18.7 Å². The van der Waals surface area contributed by atoms with Gasteiger partial charge < -0.3 is 19.9 Å². The SMILES string of the molecule is COc1ccccc1C(=O)[C@H](O)[C@@H](NC(=O)OC(C)(C)C)c1cccc2ccccc12. The number of alkyl carbamates (subject to hydrolysis) is 1. The summed E-state index contributed by atoms with van der Waals surface area (Å²) in [5.74, 6) is -0.216. The molecule has 3 aromatic rings. The number of ketones is 1. The lowest BCUT2D eigenvalue weighted by Gasteiger charge is -2.27. The molecule has 0 aliphatic carbocycles. The third-order valence-corrected chi connectivity index (χ3v) is 4.79. The Bertz CT molecular complexity index is 1080. The van der Waals surface area contributed by atoms with Gasteiger partial charge >= 0.3 is 6.09 Å². The number of carbonyl (C=O) groups is 2. The molecule has 6 nitrogen and oxygen atoms in total. The molecular formula is C25H27NO5. The van der Waals surface area contributed by atoms with Crippen molar-refractivity contribution in [2.45, 2.75) is 38.5 Å². The zero-order chi connectivity index (χ0) is 22.6. The molecule has 2 atom stereocenters. The standard InChI is InChI=1S/C25H27NO5/c1-25(2,3)31-24(29)26-21(18-14-9-11-16-10-5-6-12-17(16)18)23(28)22(27)19-13-7-8-15-20(19)30-4/h5-15,21,23,28H,1-4H3,(H,26,29)/t21-,23+/m0/s1. The molecule has 6 heteroatoms. The summed E-state index contributed by atoms with van der Waals surface area (Å²) >= 11 is 0. The number of methoxy groups -OCH3 is 1. The van der Waals surface area contributed by atoms with E-state index in [2.05, 4.69) is 5.32 Å². The van der Waals surface area contributed by atoms with Gasteiger partial charge in [-0.1, -0.05) is 54.6 Å². The Kier molecular flexibility index (Phi) is 6.61. The fraction of sp³-hybridized carbons (Fsp3) is 0.280. The molecule has 0 fully saturated rings. The van der Waals surface area contributed by atoms with Crippen molar-refractivity contribution in [3.8, 4) is 5.75 Å². The maximum Gasteiger partial charge on any atom is 0.408 e. The zero-order valence-electron chi connectivity index (χ0n) is 18.1. The van der Waals surface area contributed by atoms with Crippen LogP contribution >= 0.6 is 0 Å². The topological polar surface area (TPSA) is 84.9 Å². The van der Waals surface area contributed by atoms with E-state index in [9.17, 15) is 14.7 Å². The second-order valence-electron chi connectivity index (χ2n) is 8.20. The molecular weight excluding hydrogens is 394 g/mol. The van der Waals surface area contributed by atoms with Crippen molar-refractivity contribution in [2.24, 2.45) is 0 Å². The Balaban J connectivity index is 2.05. The molecule has 1 amide bonds. The Morgan fingerprint density at radius 2 is 1.58 bits per heavy atom. The van der Waals surface area contributed by atoms with Crippen LogP contribution in [0.15, 0.2) is 66.7 Å². The predicted molar refractivity (Wildman–Crippen MR) is 119 cm³/mol. The van der Waals surface area contributed by atoms with Gasteiger partial charge in [-0.25, -0.2) is 4.79 Å². The number of Topliss-reactive ketones (excluding diaryl/α,β-unsaturated/α-hetero) is 1. The van der Waals surface area contributed by atoms with Gasteiger partial charge in [-0.05, 0) is 49.2 Å². The Hall–Kier alpha value is -3.38. The third-order valence-electron chi connectivity index (χ3n) is 4.79. The van der Waals surface area contributed by atoms with Crippen LogP contribution in [0.1, 0.15) is 42.7 Å². The molecule has 3 rings (SSSR count). The van der Waals surface area contributed by atoms with Gasteiger partial charge in [0.2, 0.25) is 0 Å². The second-order valence-corrected chi connectivity index (χ2v) is 8.20. The predicted octanol–water partition coefficient (Wildman–Crippen LogP) is 4.66. The summed E-state index contributed by atoms with van der Waals surface area (Å²) in [6.07, 6.45) is -2.29. The first kappa shape index (κ1) is 22.3. The fourth-order valence-electron chi connectivity index (χ4n) is 3.44. The first-order chi connectivity index (χ1) is 14.7.